The molecule has 0 unspecified atom stereocenters. The minimum absolute atomic E-state index is 1.02. The number of fused-ring (bicyclic) bond motifs is 2. The summed E-state index contributed by atoms with van der Waals surface area (Å²) in [4.78, 5) is 0. The summed E-state index contributed by atoms with van der Waals surface area (Å²) in [5.41, 5.74) is 5.35. The highest BCUT2D eigenvalue weighted by molar-refractivity contribution is 5.73. The number of benzene rings is 2. The highest BCUT2D eigenvalue weighted by atomic mass is 15.6. The summed E-state index contributed by atoms with van der Waals surface area (Å²) >= 11 is 0. The summed E-state index contributed by atoms with van der Waals surface area (Å²) in [6.07, 6.45) is 1.02. The average Bonchev–Trinajstić information content (AvgIpc) is 2.35. The van der Waals surface area contributed by atoms with Crippen molar-refractivity contribution in [2.45, 2.75) is 6.42 Å². The van der Waals surface area contributed by atoms with Gasteiger partial charge in [-0.2, -0.15) is 0 Å². The van der Waals surface area contributed by atoms with Crippen LogP contribution in [0, 0.1) is 0 Å². The lowest BCUT2D eigenvalue weighted by Crippen LogP contribution is -2.35. The number of rotatable bonds is 1. The summed E-state index contributed by atoms with van der Waals surface area (Å²) in [6, 6.07) is 17.2. The number of hydrogen-bond donors (Lipinski definition) is 0. The Hall–Kier alpha value is -1.80. The maximum atomic E-state index is 2.27. The normalized spacial score (nSPS) is 13.5. The summed E-state index contributed by atoms with van der Waals surface area (Å²) in [5, 5.41) is 4.41. The predicted molar refractivity (Wildman–Crippen MR) is 71.5 cm³/mol. The van der Waals surface area contributed by atoms with Crippen LogP contribution in [0.15, 0.2) is 48.5 Å². The van der Waals surface area contributed by atoms with Crippen molar-refractivity contribution in [2.24, 2.45) is 0 Å². The molecule has 0 saturated carbocycles. The fourth-order valence-corrected chi connectivity index (χ4v) is 2.50. The van der Waals surface area contributed by atoms with Crippen LogP contribution in [0.4, 0.5) is 11.4 Å². The molecule has 2 aromatic rings. The van der Waals surface area contributed by atoms with Crippen molar-refractivity contribution in [2.75, 3.05) is 19.1 Å². The van der Waals surface area contributed by atoms with Crippen molar-refractivity contribution >= 4 is 11.4 Å². The monoisotopic (exact) mass is 224 g/mol. The first-order valence-electron chi connectivity index (χ1n) is 5.90. The van der Waals surface area contributed by atoms with Gasteiger partial charge >= 0.3 is 0 Å². The lowest BCUT2D eigenvalue weighted by molar-refractivity contribution is 0.414. The molecule has 1 heterocycles. The highest BCUT2D eigenvalue weighted by Gasteiger charge is 2.22. The summed E-state index contributed by atoms with van der Waals surface area (Å²) in [5.74, 6) is 0. The first kappa shape index (κ1) is 10.4. The summed E-state index contributed by atoms with van der Waals surface area (Å²) < 4.78 is 0. The zero-order valence-corrected chi connectivity index (χ0v) is 10.2. The van der Waals surface area contributed by atoms with Crippen LogP contribution >= 0.6 is 0 Å². The SMILES string of the molecule is CN(C)N1c2ccccc2Cc2ccccc21. The van der Waals surface area contributed by atoms with Crippen molar-refractivity contribution < 1.29 is 0 Å². The van der Waals surface area contributed by atoms with E-state index in [9.17, 15) is 0 Å². The number of anilines is 2. The largest absolute Gasteiger partial charge is 0.274 e. The van der Waals surface area contributed by atoms with Crippen LogP contribution in [0.25, 0.3) is 0 Å². The van der Waals surface area contributed by atoms with Gasteiger partial charge in [-0.05, 0) is 23.3 Å². The number of hydrogen-bond acceptors (Lipinski definition) is 2. The zero-order chi connectivity index (χ0) is 11.8. The average molecular weight is 224 g/mol. The fraction of sp³-hybridized carbons (Fsp3) is 0.200. The van der Waals surface area contributed by atoms with Gasteiger partial charge in [-0.1, -0.05) is 36.4 Å². The van der Waals surface area contributed by atoms with Gasteiger partial charge < -0.3 is 0 Å². The lowest BCUT2D eigenvalue weighted by atomic mass is 9.97. The van der Waals surface area contributed by atoms with E-state index in [1.165, 1.54) is 22.5 Å². The van der Waals surface area contributed by atoms with Crippen LogP contribution in [-0.2, 0) is 6.42 Å². The van der Waals surface area contributed by atoms with E-state index in [1.807, 2.05) is 0 Å². The molecule has 1 aliphatic rings. The summed E-state index contributed by atoms with van der Waals surface area (Å²) in [7, 11) is 4.16. The molecule has 0 amide bonds. The maximum Gasteiger partial charge on any atom is 0.0615 e. The molecule has 0 fully saturated rings. The Kier molecular flexibility index (Phi) is 2.37. The Morgan fingerprint density at radius 1 is 0.824 bits per heavy atom. The standard InChI is InChI=1S/C15H16N2/c1-16(2)17-14-9-5-3-7-12(14)11-13-8-4-6-10-15(13)17/h3-10H,11H2,1-2H3. The first-order chi connectivity index (χ1) is 8.27. The van der Waals surface area contributed by atoms with E-state index in [0.29, 0.717) is 0 Å². The molecule has 0 radical (unpaired) electrons. The Morgan fingerprint density at radius 2 is 1.29 bits per heavy atom. The van der Waals surface area contributed by atoms with Gasteiger partial charge in [0.2, 0.25) is 0 Å². The number of nitrogens with zero attached hydrogens (tertiary/aromatic N) is 2. The molecular formula is C15H16N2. The molecular weight excluding hydrogens is 208 g/mol. The second-order valence-corrected chi connectivity index (χ2v) is 4.59. The van der Waals surface area contributed by atoms with Gasteiger partial charge in [-0.25, -0.2) is 5.01 Å². The van der Waals surface area contributed by atoms with Crippen LogP contribution in [0.2, 0.25) is 0 Å². The third-order valence-corrected chi connectivity index (χ3v) is 3.22. The molecule has 0 aliphatic carbocycles. The molecule has 2 heteroatoms. The van der Waals surface area contributed by atoms with Gasteiger partial charge in [0.15, 0.2) is 0 Å². The van der Waals surface area contributed by atoms with Crippen LogP contribution in [0.3, 0.4) is 0 Å². The Morgan fingerprint density at radius 3 is 1.76 bits per heavy atom. The van der Waals surface area contributed by atoms with Crippen LogP contribution in [0.5, 0.6) is 0 Å². The maximum absolute atomic E-state index is 2.27. The summed E-state index contributed by atoms with van der Waals surface area (Å²) in [6.45, 7) is 0. The molecule has 17 heavy (non-hydrogen) atoms. The van der Waals surface area contributed by atoms with Crippen molar-refractivity contribution in [1.82, 2.24) is 5.01 Å². The van der Waals surface area contributed by atoms with E-state index >= 15 is 0 Å². The minimum atomic E-state index is 1.02. The quantitative estimate of drug-likeness (QED) is 0.734. The molecule has 2 nitrogen and oxygen atoms in total. The van der Waals surface area contributed by atoms with E-state index < -0.39 is 0 Å². The van der Waals surface area contributed by atoms with Crippen LogP contribution in [0.1, 0.15) is 11.1 Å². The molecule has 0 aromatic heterocycles. The second kappa shape index (κ2) is 3.90. The Bertz CT molecular complexity index is 501. The molecule has 86 valence electrons. The van der Waals surface area contributed by atoms with Crippen molar-refractivity contribution in [3.05, 3.63) is 59.7 Å². The van der Waals surface area contributed by atoms with E-state index in [-0.39, 0.29) is 0 Å². The second-order valence-electron chi connectivity index (χ2n) is 4.59. The Labute approximate surface area is 102 Å². The van der Waals surface area contributed by atoms with Gasteiger partial charge in [0, 0.05) is 20.5 Å². The van der Waals surface area contributed by atoms with E-state index in [4.69, 9.17) is 0 Å². The van der Waals surface area contributed by atoms with Crippen LogP contribution < -0.4 is 5.01 Å². The Balaban J connectivity index is 2.21. The molecule has 0 atom stereocenters. The van der Waals surface area contributed by atoms with E-state index in [1.54, 1.807) is 0 Å². The van der Waals surface area contributed by atoms with Crippen LogP contribution in [-0.4, -0.2) is 19.1 Å². The van der Waals surface area contributed by atoms with Gasteiger partial charge in [-0.15, -0.1) is 0 Å². The minimum Gasteiger partial charge on any atom is -0.274 e. The predicted octanol–water partition coefficient (Wildman–Crippen LogP) is 3.21. The number of hydrazine groups is 1. The third-order valence-electron chi connectivity index (χ3n) is 3.22. The third kappa shape index (κ3) is 1.61. The lowest BCUT2D eigenvalue weighted by Gasteiger charge is -2.37. The van der Waals surface area contributed by atoms with E-state index in [2.05, 4.69) is 72.6 Å². The fourth-order valence-electron chi connectivity index (χ4n) is 2.50. The molecule has 0 N–H and O–H groups in total. The van der Waals surface area contributed by atoms with Gasteiger partial charge in [-0.3, -0.25) is 5.01 Å². The molecule has 0 spiro atoms. The highest BCUT2D eigenvalue weighted by Crippen LogP contribution is 2.38. The molecule has 2 aromatic carbocycles. The molecule has 0 saturated heterocycles. The van der Waals surface area contributed by atoms with Crippen molar-refractivity contribution in [1.29, 1.82) is 0 Å². The van der Waals surface area contributed by atoms with Gasteiger partial charge in [0.25, 0.3) is 0 Å². The molecule has 0 bridgehead atoms. The van der Waals surface area contributed by atoms with E-state index in [0.717, 1.165) is 6.42 Å². The van der Waals surface area contributed by atoms with Gasteiger partial charge in [0.05, 0.1) is 11.4 Å². The van der Waals surface area contributed by atoms with Crippen molar-refractivity contribution in [3.8, 4) is 0 Å². The topological polar surface area (TPSA) is 6.48 Å². The zero-order valence-electron chi connectivity index (χ0n) is 10.2. The smallest absolute Gasteiger partial charge is 0.0615 e. The van der Waals surface area contributed by atoms with Gasteiger partial charge in [0.1, 0.15) is 0 Å². The molecule has 3 rings (SSSR count). The number of para-hydroxylation sites is 2. The van der Waals surface area contributed by atoms with Crippen molar-refractivity contribution in [3.63, 3.8) is 0 Å². The first-order valence-corrected chi connectivity index (χ1v) is 5.90. The molecule has 1 aliphatic heterocycles.